The Kier molecular flexibility index (Phi) is 4.95. The maximum atomic E-state index is 11.3. The number of hydrogen-bond acceptors (Lipinski definition) is 4. The summed E-state index contributed by atoms with van der Waals surface area (Å²) in [7, 11) is 3.43. The van der Waals surface area contributed by atoms with Crippen molar-refractivity contribution in [3.8, 4) is 0 Å². The monoisotopic (exact) mass is 187 g/mol. The molecule has 0 aliphatic carbocycles. The van der Waals surface area contributed by atoms with Crippen LogP contribution in [0.1, 0.15) is 27.2 Å². The molecule has 1 radical (unpaired) electrons. The van der Waals surface area contributed by atoms with Crippen LogP contribution in [0.4, 0.5) is 0 Å². The van der Waals surface area contributed by atoms with E-state index in [1.54, 1.807) is 0 Å². The van der Waals surface area contributed by atoms with Gasteiger partial charge >= 0.3 is 5.97 Å². The summed E-state index contributed by atoms with van der Waals surface area (Å²) in [6.07, 6.45) is 0.540. The SMILES string of the molecule is [CH2]NCCC(N)C(=O)OC(C)(C)C. The molecule has 0 bridgehead atoms. The molecule has 1 atom stereocenters. The van der Waals surface area contributed by atoms with Crippen LogP contribution in [0.5, 0.6) is 0 Å². The van der Waals surface area contributed by atoms with Gasteiger partial charge in [0.2, 0.25) is 0 Å². The van der Waals surface area contributed by atoms with E-state index in [1.807, 2.05) is 20.8 Å². The highest BCUT2D eigenvalue weighted by atomic mass is 16.6. The average Bonchev–Trinajstić information content (AvgIpc) is 1.96. The Morgan fingerprint density at radius 2 is 2.15 bits per heavy atom. The molecule has 4 heteroatoms. The van der Waals surface area contributed by atoms with Crippen LogP contribution in [-0.2, 0) is 9.53 Å². The van der Waals surface area contributed by atoms with Crippen LogP contribution in [-0.4, -0.2) is 24.2 Å². The van der Waals surface area contributed by atoms with Crippen LogP contribution in [0.15, 0.2) is 0 Å². The third-order valence-corrected chi connectivity index (χ3v) is 1.34. The van der Waals surface area contributed by atoms with Gasteiger partial charge < -0.3 is 15.8 Å². The van der Waals surface area contributed by atoms with Crippen molar-refractivity contribution in [3.05, 3.63) is 7.05 Å². The van der Waals surface area contributed by atoms with E-state index < -0.39 is 11.6 Å². The molecule has 0 heterocycles. The molecular formula is C9H19N2O2. The van der Waals surface area contributed by atoms with Crippen LogP contribution in [0.2, 0.25) is 0 Å². The fourth-order valence-electron chi connectivity index (χ4n) is 0.753. The van der Waals surface area contributed by atoms with E-state index in [2.05, 4.69) is 12.4 Å². The van der Waals surface area contributed by atoms with E-state index in [0.717, 1.165) is 0 Å². The number of nitrogens with two attached hydrogens (primary N) is 1. The highest BCUT2D eigenvalue weighted by molar-refractivity contribution is 5.75. The van der Waals surface area contributed by atoms with Gasteiger partial charge in [-0.1, -0.05) is 0 Å². The predicted octanol–water partition coefficient (Wildman–Crippen LogP) is 0.427. The third kappa shape index (κ3) is 6.54. The van der Waals surface area contributed by atoms with Crippen molar-refractivity contribution in [2.45, 2.75) is 38.8 Å². The van der Waals surface area contributed by atoms with Crippen molar-refractivity contribution in [3.63, 3.8) is 0 Å². The van der Waals surface area contributed by atoms with Crippen molar-refractivity contribution >= 4 is 5.97 Å². The minimum absolute atomic E-state index is 0.359. The second kappa shape index (κ2) is 5.19. The van der Waals surface area contributed by atoms with E-state index >= 15 is 0 Å². The van der Waals surface area contributed by atoms with Gasteiger partial charge in [0.15, 0.2) is 0 Å². The van der Waals surface area contributed by atoms with Crippen molar-refractivity contribution in [1.82, 2.24) is 5.32 Å². The Morgan fingerprint density at radius 1 is 1.62 bits per heavy atom. The van der Waals surface area contributed by atoms with Crippen molar-refractivity contribution < 1.29 is 9.53 Å². The van der Waals surface area contributed by atoms with Gasteiger partial charge in [-0.25, -0.2) is 0 Å². The van der Waals surface area contributed by atoms with Gasteiger partial charge in [0.1, 0.15) is 11.6 Å². The van der Waals surface area contributed by atoms with Gasteiger partial charge in [0.05, 0.1) is 0 Å². The summed E-state index contributed by atoms with van der Waals surface area (Å²) in [6.45, 7) is 6.06. The van der Waals surface area contributed by atoms with Gasteiger partial charge in [0, 0.05) is 7.05 Å². The molecule has 0 aliphatic heterocycles. The first-order valence-electron chi connectivity index (χ1n) is 4.35. The third-order valence-electron chi connectivity index (χ3n) is 1.34. The standard InChI is InChI=1S/C9H19N2O2/c1-9(2,3)13-8(12)7(10)5-6-11-4/h7,11H,4-6,10H2,1-3H3. The topological polar surface area (TPSA) is 64.3 Å². The zero-order valence-electron chi connectivity index (χ0n) is 8.59. The second-order valence-corrected chi connectivity index (χ2v) is 3.93. The Bertz CT molecular complexity index is 163. The highest BCUT2D eigenvalue weighted by Gasteiger charge is 2.21. The summed E-state index contributed by atoms with van der Waals surface area (Å²) in [5.41, 5.74) is 5.10. The summed E-state index contributed by atoms with van der Waals surface area (Å²) in [4.78, 5) is 11.3. The fourth-order valence-corrected chi connectivity index (χ4v) is 0.753. The molecule has 0 aromatic rings. The molecule has 0 aliphatic rings. The fraction of sp³-hybridized carbons (Fsp3) is 0.778. The van der Waals surface area contributed by atoms with Gasteiger partial charge in [-0.15, -0.1) is 0 Å². The normalized spacial score (nSPS) is 13.9. The van der Waals surface area contributed by atoms with E-state index in [-0.39, 0.29) is 5.97 Å². The van der Waals surface area contributed by atoms with Crippen LogP contribution in [0.3, 0.4) is 0 Å². The van der Waals surface area contributed by atoms with Crippen molar-refractivity contribution in [2.24, 2.45) is 5.73 Å². The molecule has 4 nitrogen and oxygen atoms in total. The average molecular weight is 187 g/mol. The molecule has 0 spiro atoms. The van der Waals surface area contributed by atoms with E-state index in [0.29, 0.717) is 13.0 Å². The first-order valence-corrected chi connectivity index (χ1v) is 4.35. The van der Waals surface area contributed by atoms with E-state index in [1.165, 1.54) is 0 Å². The summed E-state index contributed by atoms with van der Waals surface area (Å²) in [5, 5.41) is 2.68. The van der Waals surface area contributed by atoms with Crippen LogP contribution in [0.25, 0.3) is 0 Å². The molecule has 0 saturated heterocycles. The summed E-state index contributed by atoms with van der Waals surface area (Å²) in [5.74, 6) is -0.359. The molecular weight excluding hydrogens is 168 g/mol. The number of hydrogen-bond donors (Lipinski definition) is 2. The van der Waals surface area contributed by atoms with Crippen molar-refractivity contribution in [1.29, 1.82) is 0 Å². The van der Waals surface area contributed by atoms with Crippen LogP contribution >= 0.6 is 0 Å². The summed E-state index contributed by atoms with van der Waals surface area (Å²) < 4.78 is 5.08. The maximum Gasteiger partial charge on any atom is 0.323 e. The minimum Gasteiger partial charge on any atom is -0.459 e. The van der Waals surface area contributed by atoms with Gasteiger partial charge in [0.25, 0.3) is 0 Å². The second-order valence-electron chi connectivity index (χ2n) is 3.93. The first kappa shape index (κ1) is 12.4. The van der Waals surface area contributed by atoms with E-state index in [4.69, 9.17) is 10.5 Å². The lowest BCUT2D eigenvalue weighted by molar-refractivity contribution is -0.156. The lowest BCUT2D eigenvalue weighted by Gasteiger charge is -2.22. The molecule has 0 amide bonds. The summed E-state index contributed by atoms with van der Waals surface area (Å²) >= 11 is 0. The number of carbonyl (C=O) groups is 1. The minimum atomic E-state index is -0.562. The van der Waals surface area contributed by atoms with Gasteiger partial charge in [-0.05, 0) is 33.7 Å². The molecule has 1 unspecified atom stereocenters. The zero-order valence-corrected chi connectivity index (χ0v) is 8.59. The molecule has 0 aromatic heterocycles. The largest absolute Gasteiger partial charge is 0.459 e. The van der Waals surface area contributed by atoms with Crippen LogP contribution < -0.4 is 11.1 Å². The van der Waals surface area contributed by atoms with Gasteiger partial charge in [-0.2, -0.15) is 0 Å². The Labute approximate surface area is 79.8 Å². The first-order chi connectivity index (χ1) is 5.87. The number of nitrogens with one attached hydrogen (secondary N) is 1. The molecule has 0 rings (SSSR count). The van der Waals surface area contributed by atoms with Crippen LogP contribution in [0, 0.1) is 7.05 Å². The number of ether oxygens (including phenoxy) is 1. The number of carbonyl (C=O) groups excluding carboxylic acids is 1. The summed E-state index contributed by atoms with van der Waals surface area (Å²) in [6, 6.07) is -0.562. The quantitative estimate of drug-likeness (QED) is 0.626. The van der Waals surface area contributed by atoms with Gasteiger partial charge in [-0.3, -0.25) is 4.79 Å². The van der Waals surface area contributed by atoms with Crippen molar-refractivity contribution in [2.75, 3.05) is 6.54 Å². The molecule has 3 N–H and O–H groups in total. The molecule has 77 valence electrons. The highest BCUT2D eigenvalue weighted by Crippen LogP contribution is 2.08. The molecule has 0 fully saturated rings. The number of rotatable bonds is 4. The molecule has 13 heavy (non-hydrogen) atoms. The smallest absolute Gasteiger partial charge is 0.323 e. The molecule has 0 saturated carbocycles. The van der Waals surface area contributed by atoms with E-state index in [9.17, 15) is 4.79 Å². The lowest BCUT2D eigenvalue weighted by atomic mass is 10.1. The number of esters is 1. The Morgan fingerprint density at radius 3 is 2.54 bits per heavy atom. The zero-order chi connectivity index (χ0) is 10.5. The Balaban J connectivity index is 3.83. The Hall–Kier alpha value is -0.610. The molecule has 0 aromatic carbocycles. The lowest BCUT2D eigenvalue weighted by Crippen LogP contribution is -2.38. The maximum absolute atomic E-state index is 11.3. The predicted molar refractivity (Wildman–Crippen MR) is 51.8 cm³/mol.